The molecule has 0 saturated carbocycles. The quantitative estimate of drug-likeness (QED) is 0.341. The van der Waals surface area contributed by atoms with Crippen LogP contribution in [-0.4, -0.2) is 71.6 Å². The van der Waals surface area contributed by atoms with Gasteiger partial charge in [-0.1, -0.05) is 29.5 Å². The molecule has 0 spiro atoms. The number of hydrogen-bond acceptors (Lipinski definition) is 9. The highest BCUT2D eigenvalue weighted by molar-refractivity contribution is 7.85. The third-order valence-corrected chi connectivity index (χ3v) is 7.43. The SMILES string of the molecule is O=S(=O)([O-])CCC[n+]1c(/C=C\c2ccc3c(c2)OCCOCCOCCOCCO3)sc2ccccc21. The standard InChI is InChI=1S/C26H31NO8S2/c28-37(29,30)19-3-10-27-22-4-1-2-5-25(22)36-26(27)9-7-21-6-8-23-24(20-21)35-18-16-33-14-12-31-11-13-32-15-17-34-23/h1-2,4-9,20H,3,10-19H2/b9-7-. The summed E-state index contributed by atoms with van der Waals surface area (Å²) in [5, 5.41) is 0.950. The average Bonchev–Trinajstić information content (AvgIpc) is 3.22. The van der Waals surface area contributed by atoms with Crippen molar-refractivity contribution in [2.75, 3.05) is 58.6 Å². The zero-order chi connectivity index (χ0) is 25.9. The van der Waals surface area contributed by atoms with Crippen LogP contribution in [0.1, 0.15) is 17.0 Å². The van der Waals surface area contributed by atoms with Crippen LogP contribution in [0.15, 0.2) is 42.5 Å². The Hall–Kier alpha value is -2.54. The molecule has 3 aromatic rings. The van der Waals surface area contributed by atoms with Crippen molar-refractivity contribution in [1.82, 2.24) is 0 Å². The molecule has 0 fully saturated rings. The van der Waals surface area contributed by atoms with Gasteiger partial charge in [-0.05, 0) is 29.8 Å². The Morgan fingerprint density at radius 3 is 2.19 bits per heavy atom. The molecular formula is C26H31NO8S2. The summed E-state index contributed by atoms with van der Waals surface area (Å²) in [4.78, 5) is 0. The second-order valence-corrected chi connectivity index (χ2v) is 10.8. The molecule has 0 unspecified atom stereocenters. The van der Waals surface area contributed by atoms with Crippen LogP contribution in [0, 0.1) is 0 Å². The van der Waals surface area contributed by atoms with Gasteiger partial charge in [0.05, 0.1) is 49.8 Å². The summed E-state index contributed by atoms with van der Waals surface area (Å²) in [6, 6.07) is 13.6. The van der Waals surface area contributed by atoms with E-state index in [1.54, 1.807) is 11.3 Å². The Kier molecular flexibility index (Phi) is 10.3. The Bertz CT molecular complexity index is 1290. The first kappa shape index (κ1) is 27.5. The van der Waals surface area contributed by atoms with Gasteiger partial charge in [0, 0.05) is 24.3 Å². The van der Waals surface area contributed by atoms with Crippen molar-refractivity contribution in [2.45, 2.75) is 13.0 Å². The molecule has 1 aliphatic rings. The fourth-order valence-electron chi connectivity index (χ4n) is 3.80. The van der Waals surface area contributed by atoms with Gasteiger partial charge < -0.3 is 28.2 Å². The number of nitrogens with zero attached hydrogens (tertiary/aromatic N) is 1. The van der Waals surface area contributed by atoms with Crippen LogP contribution in [0.25, 0.3) is 22.4 Å². The van der Waals surface area contributed by atoms with Gasteiger partial charge in [0.2, 0.25) is 5.52 Å². The Morgan fingerprint density at radius 1 is 0.838 bits per heavy atom. The second-order valence-electron chi connectivity index (χ2n) is 8.25. The van der Waals surface area contributed by atoms with Crippen molar-refractivity contribution in [3.8, 4) is 11.5 Å². The monoisotopic (exact) mass is 549 g/mol. The largest absolute Gasteiger partial charge is 0.748 e. The fraction of sp³-hybridized carbons (Fsp3) is 0.423. The number of para-hydroxylation sites is 1. The van der Waals surface area contributed by atoms with E-state index < -0.39 is 15.9 Å². The van der Waals surface area contributed by atoms with Crippen LogP contribution in [-0.2, 0) is 30.9 Å². The smallest absolute Gasteiger partial charge is 0.262 e. The molecule has 0 bridgehead atoms. The summed E-state index contributed by atoms with van der Waals surface area (Å²) in [7, 11) is -4.25. The second kappa shape index (κ2) is 13.8. The molecular weight excluding hydrogens is 518 g/mol. The number of benzene rings is 2. The van der Waals surface area contributed by atoms with Crippen molar-refractivity contribution < 1.29 is 41.2 Å². The lowest BCUT2D eigenvalue weighted by atomic mass is 10.2. The van der Waals surface area contributed by atoms with Crippen LogP contribution in [0.2, 0.25) is 0 Å². The molecule has 2 heterocycles. The first-order valence-corrected chi connectivity index (χ1v) is 14.5. The molecule has 1 aliphatic heterocycles. The first-order chi connectivity index (χ1) is 18.0. The van der Waals surface area contributed by atoms with Crippen LogP contribution in [0.3, 0.4) is 0 Å². The number of hydrogen-bond donors (Lipinski definition) is 0. The summed E-state index contributed by atoms with van der Waals surface area (Å²) >= 11 is 1.60. The fourth-order valence-corrected chi connectivity index (χ4v) is 5.37. The summed E-state index contributed by atoms with van der Waals surface area (Å²) in [5.41, 5.74) is 1.91. The van der Waals surface area contributed by atoms with Crippen LogP contribution in [0.5, 0.6) is 11.5 Å². The van der Waals surface area contributed by atoms with E-state index in [9.17, 15) is 13.0 Å². The summed E-state index contributed by atoms with van der Waals surface area (Å²) in [5.74, 6) is 0.849. The summed E-state index contributed by atoms with van der Waals surface area (Å²) in [6.07, 6.45) is 4.21. The molecule has 0 radical (unpaired) electrons. The maximum atomic E-state index is 11.1. The van der Waals surface area contributed by atoms with E-state index in [4.69, 9.17) is 23.7 Å². The molecule has 0 aliphatic carbocycles. The Balaban J connectivity index is 1.52. The van der Waals surface area contributed by atoms with Crippen molar-refractivity contribution in [3.63, 3.8) is 0 Å². The number of thiazole rings is 1. The van der Waals surface area contributed by atoms with Crippen LogP contribution in [0.4, 0.5) is 0 Å². The van der Waals surface area contributed by atoms with Gasteiger partial charge in [0.1, 0.15) is 17.9 Å². The number of ether oxygens (including phenoxy) is 5. The zero-order valence-corrected chi connectivity index (χ0v) is 22.1. The highest BCUT2D eigenvalue weighted by Gasteiger charge is 2.18. The van der Waals surface area contributed by atoms with Gasteiger partial charge >= 0.3 is 0 Å². The van der Waals surface area contributed by atoms with E-state index in [2.05, 4.69) is 0 Å². The van der Waals surface area contributed by atoms with Crippen LogP contribution < -0.4 is 14.0 Å². The number of aromatic nitrogens is 1. The maximum absolute atomic E-state index is 11.1. The molecule has 0 amide bonds. The van der Waals surface area contributed by atoms with Crippen molar-refractivity contribution >= 4 is 43.8 Å². The third-order valence-electron chi connectivity index (χ3n) is 5.51. The molecule has 0 saturated heterocycles. The van der Waals surface area contributed by atoms with Gasteiger partial charge in [-0.15, -0.1) is 0 Å². The Morgan fingerprint density at radius 2 is 1.49 bits per heavy atom. The van der Waals surface area contributed by atoms with Gasteiger partial charge in [-0.25, -0.2) is 8.42 Å². The number of aryl methyl sites for hydroxylation is 1. The minimum Gasteiger partial charge on any atom is -0.748 e. The predicted molar refractivity (Wildman–Crippen MR) is 140 cm³/mol. The Labute approximate surface area is 220 Å². The van der Waals surface area contributed by atoms with E-state index in [0.29, 0.717) is 70.9 Å². The average molecular weight is 550 g/mol. The predicted octanol–water partition coefficient (Wildman–Crippen LogP) is 3.12. The topological polar surface area (TPSA) is 107 Å². The highest BCUT2D eigenvalue weighted by atomic mass is 32.2. The van der Waals surface area contributed by atoms with Gasteiger partial charge in [-0.2, -0.15) is 4.57 Å². The van der Waals surface area contributed by atoms with Gasteiger partial charge in [0.15, 0.2) is 18.0 Å². The van der Waals surface area contributed by atoms with Crippen molar-refractivity contribution in [2.24, 2.45) is 0 Å². The van der Waals surface area contributed by atoms with E-state index >= 15 is 0 Å². The molecule has 1 aromatic heterocycles. The lowest BCUT2D eigenvalue weighted by Crippen LogP contribution is -2.35. The summed E-state index contributed by atoms with van der Waals surface area (Å²) in [6.45, 7) is 4.09. The minimum atomic E-state index is -4.25. The molecule has 9 nitrogen and oxygen atoms in total. The normalized spacial score (nSPS) is 16.5. The minimum absolute atomic E-state index is 0.250. The lowest BCUT2D eigenvalue weighted by Gasteiger charge is -2.13. The first-order valence-electron chi connectivity index (χ1n) is 12.2. The van der Waals surface area contributed by atoms with E-state index in [0.717, 1.165) is 20.8 Å². The maximum Gasteiger partial charge on any atom is 0.262 e. The summed E-state index contributed by atoms with van der Waals surface area (Å²) < 4.78 is 64.7. The molecule has 0 atom stereocenters. The van der Waals surface area contributed by atoms with Gasteiger partial charge in [-0.3, -0.25) is 0 Å². The molecule has 200 valence electrons. The third kappa shape index (κ3) is 8.77. The van der Waals surface area contributed by atoms with E-state index in [-0.39, 0.29) is 6.42 Å². The van der Waals surface area contributed by atoms with E-state index in [1.807, 2.05) is 59.2 Å². The molecule has 4 rings (SSSR count). The van der Waals surface area contributed by atoms with Gasteiger partial charge in [0.25, 0.3) is 5.01 Å². The van der Waals surface area contributed by atoms with Crippen molar-refractivity contribution in [3.05, 3.63) is 53.0 Å². The van der Waals surface area contributed by atoms with Crippen LogP contribution >= 0.6 is 11.3 Å². The van der Waals surface area contributed by atoms with Crippen molar-refractivity contribution in [1.29, 1.82) is 0 Å². The number of rotatable bonds is 6. The van der Waals surface area contributed by atoms with E-state index in [1.165, 1.54) is 0 Å². The zero-order valence-electron chi connectivity index (χ0n) is 20.5. The molecule has 2 aromatic carbocycles. The highest BCUT2D eigenvalue weighted by Crippen LogP contribution is 2.30. The number of fused-ring (bicyclic) bond motifs is 2. The molecule has 37 heavy (non-hydrogen) atoms. The lowest BCUT2D eigenvalue weighted by molar-refractivity contribution is -0.668. The molecule has 11 heteroatoms. The molecule has 0 N–H and O–H groups in total.